The summed E-state index contributed by atoms with van der Waals surface area (Å²) in [7, 11) is 1.66. The van der Waals surface area contributed by atoms with E-state index in [4.69, 9.17) is 14.2 Å². The molecule has 3 heterocycles. The number of allylic oxidation sites excluding steroid dienone is 1. The van der Waals surface area contributed by atoms with E-state index in [2.05, 4.69) is 4.90 Å². The molecule has 1 aromatic carbocycles. The third kappa shape index (κ3) is 6.38. The van der Waals surface area contributed by atoms with Crippen molar-refractivity contribution in [2.24, 2.45) is 5.92 Å². The van der Waals surface area contributed by atoms with Crippen molar-refractivity contribution < 1.29 is 24.1 Å². The fourth-order valence-electron chi connectivity index (χ4n) is 5.84. The summed E-state index contributed by atoms with van der Waals surface area (Å²) < 4.78 is 17.6. The lowest BCUT2D eigenvalue weighted by atomic mass is 9.80. The number of methoxy groups -OCH3 is 1. The Morgan fingerprint density at radius 2 is 1.80 bits per heavy atom. The van der Waals surface area contributed by atoms with Crippen LogP contribution in [-0.2, 0) is 14.3 Å². The van der Waals surface area contributed by atoms with E-state index in [0.29, 0.717) is 24.8 Å². The number of aliphatic hydroxyl groups is 1. The molecule has 2 saturated heterocycles. The van der Waals surface area contributed by atoms with Gasteiger partial charge in [-0.25, -0.2) is 0 Å². The van der Waals surface area contributed by atoms with Crippen molar-refractivity contribution in [2.45, 2.75) is 70.1 Å². The summed E-state index contributed by atoms with van der Waals surface area (Å²) in [5, 5.41) is 9.49. The number of rotatable bonds is 9. The minimum Gasteiger partial charge on any atom is -0.497 e. The molecule has 194 valence electrons. The number of hydrogen-bond donors (Lipinski definition) is 1. The van der Waals surface area contributed by atoms with E-state index >= 15 is 0 Å². The molecule has 0 radical (unpaired) electrons. The van der Waals surface area contributed by atoms with Gasteiger partial charge in [0.2, 0.25) is 6.29 Å². The van der Waals surface area contributed by atoms with Gasteiger partial charge in [-0.15, -0.1) is 0 Å². The Morgan fingerprint density at radius 1 is 1.09 bits per heavy atom. The zero-order valence-electron chi connectivity index (χ0n) is 21.4. The number of carbonyl (C=O) groups excluding carboxylic acids is 1. The number of piperidine rings is 2. The zero-order chi connectivity index (χ0) is 24.6. The van der Waals surface area contributed by atoms with Crippen molar-refractivity contribution in [1.29, 1.82) is 0 Å². The van der Waals surface area contributed by atoms with Gasteiger partial charge < -0.3 is 29.1 Å². The van der Waals surface area contributed by atoms with Gasteiger partial charge in [-0.3, -0.25) is 4.79 Å². The minimum absolute atomic E-state index is 0.0110. The second-order valence-electron chi connectivity index (χ2n) is 9.92. The first-order valence-corrected chi connectivity index (χ1v) is 13.4. The van der Waals surface area contributed by atoms with Crippen LogP contribution in [0, 0.1) is 5.92 Å². The summed E-state index contributed by atoms with van der Waals surface area (Å²) in [6, 6.07) is 8.58. The number of ether oxygens (including phenoxy) is 3. The molecule has 4 rings (SSSR count). The van der Waals surface area contributed by atoms with Gasteiger partial charge >= 0.3 is 0 Å². The molecule has 0 aliphatic carbocycles. The standard InChI is InChI=1S/C28H42N2O5/c1-3-34-28-24(8-7-19-31)25(21-9-11-23(33-2)12-10-21)20-26(35-28)27(32)30-17-13-22(14-18-30)29-15-5-4-6-16-29/h9-12,20,22,24-25,28,31H,3-8,13-19H2,1-2H3/t24-,25-,28-/m1/s1. The van der Waals surface area contributed by atoms with Crippen LogP contribution in [0.5, 0.6) is 5.75 Å². The van der Waals surface area contributed by atoms with Crippen LogP contribution in [0.2, 0.25) is 0 Å². The van der Waals surface area contributed by atoms with Gasteiger partial charge in [0, 0.05) is 44.2 Å². The first-order valence-electron chi connectivity index (χ1n) is 13.4. The van der Waals surface area contributed by atoms with Gasteiger partial charge in [-0.1, -0.05) is 18.6 Å². The molecule has 3 aliphatic rings. The fraction of sp³-hybridized carbons (Fsp3) is 0.679. The van der Waals surface area contributed by atoms with Gasteiger partial charge in [0.05, 0.1) is 7.11 Å². The number of aliphatic hydroxyl groups excluding tert-OH is 1. The highest BCUT2D eigenvalue weighted by Crippen LogP contribution is 2.40. The average Bonchev–Trinajstić information content (AvgIpc) is 2.92. The molecule has 7 nitrogen and oxygen atoms in total. The molecule has 3 aliphatic heterocycles. The molecule has 0 unspecified atom stereocenters. The molecule has 0 spiro atoms. The van der Waals surface area contributed by atoms with Crippen molar-refractivity contribution >= 4 is 5.91 Å². The monoisotopic (exact) mass is 486 g/mol. The maximum absolute atomic E-state index is 13.6. The first-order chi connectivity index (χ1) is 17.1. The molecule has 1 aromatic rings. The van der Waals surface area contributed by atoms with Crippen LogP contribution in [0.15, 0.2) is 36.1 Å². The van der Waals surface area contributed by atoms with Crippen LogP contribution in [0.1, 0.15) is 63.4 Å². The predicted octanol–water partition coefficient (Wildman–Crippen LogP) is 3.92. The molecule has 1 amide bonds. The van der Waals surface area contributed by atoms with Gasteiger partial charge in [0.25, 0.3) is 5.91 Å². The SMILES string of the molecule is CCO[C@@H]1OC(C(=O)N2CCC(N3CCCCC3)CC2)=C[C@H](c2ccc(OC)cc2)[C@H]1CCCO. The van der Waals surface area contributed by atoms with Crippen LogP contribution in [0.25, 0.3) is 0 Å². The highest BCUT2D eigenvalue weighted by molar-refractivity contribution is 5.92. The number of benzene rings is 1. The highest BCUT2D eigenvalue weighted by Gasteiger charge is 2.39. The van der Waals surface area contributed by atoms with Gasteiger partial charge in [-0.05, 0) is 82.3 Å². The second-order valence-corrected chi connectivity index (χ2v) is 9.92. The van der Waals surface area contributed by atoms with E-state index in [-0.39, 0.29) is 24.3 Å². The summed E-state index contributed by atoms with van der Waals surface area (Å²) in [6.45, 7) is 6.48. The van der Waals surface area contributed by atoms with Gasteiger partial charge in [0.15, 0.2) is 5.76 Å². The Labute approximate surface area is 210 Å². The van der Waals surface area contributed by atoms with Crippen molar-refractivity contribution in [3.05, 3.63) is 41.7 Å². The zero-order valence-corrected chi connectivity index (χ0v) is 21.4. The Morgan fingerprint density at radius 3 is 2.43 bits per heavy atom. The normalized spacial score (nSPS) is 26.2. The van der Waals surface area contributed by atoms with Crippen molar-refractivity contribution in [1.82, 2.24) is 9.80 Å². The van der Waals surface area contributed by atoms with E-state index < -0.39 is 6.29 Å². The number of likely N-dealkylation sites (tertiary alicyclic amines) is 2. The fourth-order valence-corrected chi connectivity index (χ4v) is 5.84. The summed E-state index contributed by atoms with van der Waals surface area (Å²) >= 11 is 0. The Hall–Kier alpha value is -2.09. The molecule has 3 atom stereocenters. The van der Waals surface area contributed by atoms with E-state index in [1.54, 1.807) is 7.11 Å². The van der Waals surface area contributed by atoms with Crippen LogP contribution in [-0.4, -0.2) is 79.6 Å². The van der Waals surface area contributed by atoms with E-state index in [9.17, 15) is 9.90 Å². The Bertz CT molecular complexity index is 828. The maximum atomic E-state index is 13.6. The van der Waals surface area contributed by atoms with E-state index in [0.717, 1.165) is 43.7 Å². The highest BCUT2D eigenvalue weighted by atomic mass is 16.7. The Kier molecular flexibility index (Phi) is 9.46. The number of hydrogen-bond acceptors (Lipinski definition) is 6. The average molecular weight is 487 g/mol. The quantitative estimate of drug-likeness (QED) is 0.571. The van der Waals surface area contributed by atoms with Crippen molar-refractivity contribution in [3.63, 3.8) is 0 Å². The minimum atomic E-state index is -0.520. The molecular formula is C28H42N2O5. The summed E-state index contributed by atoms with van der Waals surface area (Å²) in [5.74, 6) is 1.12. The predicted molar refractivity (Wildman–Crippen MR) is 135 cm³/mol. The molecule has 35 heavy (non-hydrogen) atoms. The third-order valence-electron chi connectivity index (χ3n) is 7.78. The number of carbonyl (C=O) groups is 1. The smallest absolute Gasteiger partial charge is 0.288 e. The first kappa shape index (κ1) is 26.0. The van der Waals surface area contributed by atoms with Gasteiger partial charge in [-0.2, -0.15) is 0 Å². The Balaban J connectivity index is 1.51. The van der Waals surface area contributed by atoms with Crippen molar-refractivity contribution in [3.8, 4) is 5.75 Å². The van der Waals surface area contributed by atoms with Crippen LogP contribution < -0.4 is 4.74 Å². The summed E-state index contributed by atoms with van der Waals surface area (Å²) in [4.78, 5) is 18.2. The maximum Gasteiger partial charge on any atom is 0.288 e. The lowest BCUT2D eigenvalue weighted by Crippen LogP contribution is -2.49. The number of nitrogens with zero attached hydrogens (tertiary/aromatic N) is 2. The van der Waals surface area contributed by atoms with Crippen LogP contribution in [0.3, 0.4) is 0 Å². The summed E-state index contributed by atoms with van der Waals surface area (Å²) in [6.07, 6.45) is 8.85. The van der Waals surface area contributed by atoms with Gasteiger partial charge in [0.1, 0.15) is 5.75 Å². The molecule has 2 fully saturated rings. The third-order valence-corrected chi connectivity index (χ3v) is 7.78. The molecule has 1 N–H and O–H groups in total. The second kappa shape index (κ2) is 12.7. The van der Waals surface area contributed by atoms with Crippen LogP contribution >= 0.6 is 0 Å². The molecule has 0 aromatic heterocycles. The summed E-state index contributed by atoms with van der Waals surface area (Å²) in [5.41, 5.74) is 1.09. The largest absolute Gasteiger partial charge is 0.497 e. The van der Waals surface area contributed by atoms with Crippen molar-refractivity contribution in [2.75, 3.05) is 46.5 Å². The lowest BCUT2D eigenvalue weighted by molar-refractivity contribution is -0.171. The molecule has 0 bridgehead atoms. The van der Waals surface area contributed by atoms with E-state index in [1.165, 1.54) is 32.4 Å². The number of amides is 1. The van der Waals surface area contributed by atoms with Crippen LogP contribution in [0.4, 0.5) is 0 Å². The molecule has 0 saturated carbocycles. The molecular weight excluding hydrogens is 444 g/mol. The lowest BCUT2D eigenvalue weighted by Gasteiger charge is -2.41. The molecule has 7 heteroatoms. The van der Waals surface area contributed by atoms with E-state index in [1.807, 2.05) is 42.2 Å². The topological polar surface area (TPSA) is 71.5 Å².